The van der Waals surface area contributed by atoms with Crippen LogP contribution in [-0.4, -0.2) is 23.1 Å². The molecule has 2 N–H and O–H groups in total. The van der Waals surface area contributed by atoms with Crippen LogP contribution in [0.1, 0.15) is 24.8 Å². The van der Waals surface area contributed by atoms with E-state index in [4.69, 9.17) is 10.5 Å². The molecule has 110 valence electrons. The number of hydrogen-bond acceptors (Lipinski definition) is 5. The lowest BCUT2D eigenvalue weighted by Gasteiger charge is -2.28. The quantitative estimate of drug-likeness (QED) is 0.938. The van der Waals surface area contributed by atoms with Crippen LogP contribution in [0.25, 0.3) is 0 Å². The maximum Gasteiger partial charge on any atom is 0.248 e. The van der Waals surface area contributed by atoms with Crippen LogP contribution in [0.5, 0.6) is 11.6 Å². The maximum absolute atomic E-state index is 6.20. The van der Waals surface area contributed by atoms with Crippen molar-refractivity contribution >= 4 is 11.5 Å². The topological polar surface area (TPSA) is 64.3 Å². The largest absolute Gasteiger partial charge is 0.437 e. The van der Waals surface area contributed by atoms with Crippen molar-refractivity contribution in [2.24, 2.45) is 0 Å². The lowest BCUT2D eigenvalue weighted by atomic mass is 10.1. The molecule has 0 saturated carbocycles. The average molecular weight is 284 g/mol. The molecule has 1 saturated heterocycles. The third kappa shape index (κ3) is 3.07. The second-order valence-corrected chi connectivity index (χ2v) is 5.38. The highest BCUT2D eigenvalue weighted by molar-refractivity contribution is 5.68. The first kappa shape index (κ1) is 13.7. The van der Waals surface area contributed by atoms with E-state index in [1.807, 2.05) is 31.2 Å². The lowest BCUT2D eigenvalue weighted by molar-refractivity contribution is 0.463. The molecular formula is C16H20N4O. The van der Waals surface area contributed by atoms with E-state index in [2.05, 4.69) is 14.9 Å². The van der Waals surface area contributed by atoms with Gasteiger partial charge < -0.3 is 15.4 Å². The normalized spacial score (nSPS) is 15.0. The Bertz CT molecular complexity index is 606. The van der Waals surface area contributed by atoms with Gasteiger partial charge in [0.15, 0.2) is 5.82 Å². The van der Waals surface area contributed by atoms with Crippen molar-refractivity contribution in [3.05, 3.63) is 36.2 Å². The number of ether oxygens (including phenoxy) is 1. The average Bonchev–Trinajstić information content (AvgIpc) is 2.52. The summed E-state index contributed by atoms with van der Waals surface area (Å²) in [6.07, 6.45) is 5.15. The molecular weight excluding hydrogens is 264 g/mol. The van der Waals surface area contributed by atoms with Gasteiger partial charge in [0.1, 0.15) is 17.8 Å². The number of aromatic nitrogens is 2. The van der Waals surface area contributed by atoms with Crippen molar-refractivity contribution in [3.63, 3.8) is 0 Å². The van der Waals surface area contributed by atoms with Gasteiger partial charge in [-0.25, -0.2) is 4.98 Å². The van der Waals surface area contributed by atoms with Crippen LogP contribution in [0.4, 0.5) is 11.5 Å². The monoisotopic (exact) mass is 284 g/mol. The molecule has 5 nitrogen and oxygen atoms in total. The zero-order valence-electron chi connectivity index (χ0n) is 12.2. The second-order valence-electron chi connectivity index (χ2n) is 5.38. The maximum atomic E-state index is 6.20. The van der Waals surface area contributed by atoms with E-state index in [1.54, 1.807) is 0 Å². The van der Waals surface area contributed by atoms with Gasteiger partial charge in [-0.2, -0.15) is 4.98 Å². The fourth-order valence-corrected chi connectivity index (χ4v) is 2.53. The molecule has 0 spiro atoms. The van der Waals surface area contributed by atoms with E-state index in [0.717, 1.165) is 24.7 Å². The van der Waals surface area contributed by atoms with Crippen molar-refractivity contribution in [1.82, 2.24) is 9.97 Å². The van der Waals surface area contributed by atoms with Crippen molar-refractivity contribution in [1.29, 1.82) is 0 Å². The predicted octanol–water partition coefficient (Wildman–Crippen LogP) is 3.15. The van der Waals surface area contributed by atoms with Crippen LogP contribution in [0.2, 0.25) is 0 Å². The summed E-state index contributed by atoms with van der Waals surface area (Å²) < 4.78 is 5.79. The molecule has 0 aliphatic carbocycles. The molecule has 1 aliphatic heterocycles. The molecule has 1 aromatic carbocycles. The summed E-state index contributed by atoms with van der Waals surface area (Å²) in [7, 11) is 0. The Morgan fingerprint density at radius 1 is 1.05 bits per heavy atom. The summed E-state index contributed by atoms with van der Waals surface area (Å²) in [5.41, 5.74) is 7.90. The minimum atomic E-state index is 0.425. The zero-order valence-corrected chi connectivity index (χ0v) is 12.2. The molecule has 1 aliphatic rings. The zero-order chi connectivity index (χ0) is 14.7. The Kier molecular flexibility index (Phi) is 3.90. The van der Waals surface area contributed by atoms with E-state index < -0.39 is 0 Å². The van der Waals surface area contributed by atoms with E-state index in [1.165, 1.54) is 31.2 Å². The van der Waals surface area contributed by atoms with Crippen molar-refractivity contribution < 1.29 is 4.74 Å². The van der Waals surface area contributed by atoms with Crippen molar-refractivity contribution in [2.45, 2.75) is 26.2 Å². The third-order valence-corrected chi connectivity index (χ3v) is 3.72. The summed E-state index contributed by atoms with van der Waals surface area (Å²) >= 11 is 0. The number of aryl methyl sites for hydroxylation is 1. The Morgan fingerprint density at radius 2 is 1.76 bits per heavy atom. The van der Waals surface area contributed by atoms with E-state index >= 15 is 0 Å². The van der Waals surface area contributed by atoms with Crippen LogP contribution in [0.15, 0.2) is 30.6 Å². The molecule has 0 radical (unpaired) electrons. The highest BCUT2D eigenvalue weighted by Crippen LogP contribution is 2.32. The fourth-order valence-electron chi connectivity index (χ4n) is 2.53. The number of nitrogen functional groups attached to an aromatic ring is 1. The fraction of sp³-hybridized carbons (Fsp3) is 0.375. The van der Waals surface area contributed by atoms with E-state index in [9.17, 15) is 0 Å². The van der Waals surface area contributed by atoms with Gasteiger partial charge in [0, 0.05) is 13.1 Å². The lowest BCUT2D eigenvalue weighted by Crippen LogP contribution is -2.31. The van der Waals surface area contributed by atoms with Gasteiger partial charge in [0.25, 0.3) is 0 Å². The third-order valence-electron chi connectivity index (χ3n) is 3.72. The van der Waals surface area contributed by atoms with Crippen LogP contribution in [0, 0.1) is 6.92 Å². The van der Waals surface area contributed by atoms with Gasteiger partial charge in [-0.3, -0.25) is 0 Å². The second kappa shape index (κ2) is 5.99. The van der Waals surface area contributed by atoms with Crippen molar-refractivity contribution in [3.8, 4) is 11.6 Å². The minimum Gasteiger partial charge on any atom is -0.437 e. The molecule has 0 unspecified atom stereocenters. The van der Waals surface area contributed by atoms with Gasteiger partial charge in [0.2, 0.25) is 5.88 Å². The number of piperidine rings is 1. The molecule has 1 fully saturated rings. The minimum absolute atomic E-state index is 0.425. The molecule has 2 heterocycles. The van der Waals surface area contributed by atoms with Gasteiger partial charge in [-0.1, -0.05) is 17.7 Å². The number of rotatable bonds is 3. The molecule has 0 atom stereocenters. The van der Waals surface area contributed by atoms with Crippen LogP contribution in [0.3, 0.4) is 0 Å². The van der Waals surface area contributed by atoms with Crippen LogP contribution in [-0.2, 0) is 0 Å². The Balaban J connectivity index is 1.84. The first-order valence-corrected chi connectivity index (χ1v) is 7.34. The Labute approximate surface area is 124 Å². The molecule has 0 bridgehead atoms. The van der Waals surface area contributed by atoms with Crippen LogP contribution < -0.4 is 15.4 Å². The Morgan fingerprint density at radius 3 is 2.48 bits per heavy atom. The first-order valence-electron chi connectivity index (χ1n) is 7.34. The molecule has 5 heteroatoms. The molecule has 0 amide bonds. The molecule has 3 rings (SSSR count). The van der Waals surface area contributed by atoms with Crippen molar-refractivity contribution in [2.75, 3.05) is 23.7 Å². The summed E-state index contributed by atoms with van der Waals surface area (Å²) in [6.45, 7) is 4.02. The Hall–Kier alpha value is -2.30. The number of benzene rings is 1. The standard InChI is InChI=1S/C16H20N4O/c1-12-5-7-13(8-6-12)21-16-14(17)15(18-11-19-16)20-9-3-2-4-10-20/h5-8,11H,2-4,9-10,17H2,1H3. The SMILES string of the molecule is Cc1ccc(Oc2ncnc(N3CCCCC3)c2N)cc1. The number of nitrogens with two attached hydrogens (primary N) is 1. The highest BCUT2D eigenvalue weighted by atomic mass is 16.5. The smallest absolute Gasteiger partial charge is 0.248 e. The van der Waals surface area contributed by atoms with E-state index in [-0.39, 0.29) is 0 Å². The highest BCUT2D eigenvalue weighted by Gasteiger charge is 2.18. The first-order chi connectivity index (χ1) is 10.2. The summed E-state index contributed by atoms with van der Waals surface area (Å²) in [6, 6.07) is 7.82. The molecule has 1 aromatic heterocycles. The summed E-state index contributed by atoms with van der Waals surface area (Å²) in [5, 5.41) is 0. The van der Waals surface area contributed by atoms with Gasteiger partial charge in [-0.15, -0.1) is 0 Å². The summed E-state index contributed by atoms with van der Waals surface area (Å²) in [5.74, 6) is 1.94. The predicted molar refractivity (Wildman–Crippen MR) is 83.8 cm³/mol. The number of anilines is 2. The van der Waals surface area contributed by atoms with Crippen LogP contribution >= 0.6 is 0 Å². The van der Waals surface area contributed by atoms with Gasteiger partial charge in [0.05, 0.1) is 0 Å². The number of nitrogens with zero attached hydrogens (tertiary/aromatic N) is 3. The number of hydrogen-bond donors (Lipinski definition) is 1. The molecule has 2 aromatic rings. The summed E-state index contributed by atoms with van der Waals surface area (Å²) in [4.78, 5) is 10.7. The molecule has 21 heavy (non-hydrogen) atoms. The van der Waals surface area contributed by atoms with Gasteiger partial charge in [-0.05, 0) is 38.3 Å². The van der Waals surface area contributed by atoms with Gasteiger partial charge >= 0.3 is 0 Å². The van der Waals surface area contributed by atoms with E-state index in [0.29, 0.717) is 11.6 Å².